The third kappa shape index (κ3) is 1.64. The van der Waals surface area contributed by atoms with E-state index in [2.05, 4.69) is 45.5 Å². The van der Waals surface area contributed by atoms with E-state index in [4.69, 9.17) is 0 Å². The van der Waals surface area contributed by atoms with Crippen molar-refractivity contribution in [3.8, 4) is 0 Å². The van der Waals surface area contributed by atoms with E-state index in [0.29, 0.717) is 5.41 Å². The van der Waals surface area contributed by atoms with E-state index in [1.807, 2.05) is 0 Å². The number of hydrogen-bond acceptors (Lipinski definition) is 1. The number of piperidine rings is 1. The van der Waals surface area contributed by atoms with Crippen molar-refractivity contribution in [3.63, 3.8) is 0 Å². The summed E-state index contributed by atoms with van der Waals surface area (Å²) in [6, 6.07) is 8.87. The molecule has 80 valence electrons. The van der Waals surface area contributed by atoms with E-state index in [1.54, 1.807) is 0 Å². The molecule has 1 aliphatic heterocycles. The van der Waals surface area contributed by atoms with Crippen LogP contribution in [0, 0.1) is 5.92 Å². The third-order valence-corrected chi connectivity index (χ3v) is 4.54. The Balaban J connectivity index is 1.98. The molecule has 1 saturated carbocycles. The van der Waals surface area contributed by atoms with Gasteiger partial charge in [0.15, 0.2) is 0 Å². The monoisotopic (exact) mass is 265 g/mol. The number of fused-ring (bicyclic) bond motifs is 2. The van der Waals surface area contributed by atoms with Crippen LogP contribution in [-0.4, -0.2) is 13.1 Å². The Morgan fingerprint density at radius 1 is 1.40 bits per heavy atom. The van der Waals surface area contributed by atoms with E-state index < -0.39 is 0 Å². The Morgan fingerprint density at radius 2 is 2.33 bits per heavy atom. The van der Waals surface area contributed by atoms with E-state index in [0.717, 1.165) is 5.92 Å². The molecular formula is C13H16BrN. The summed E-state index contributed by atoms with van der Waals surface area (Å²) in [5.41, 5.74) is 1.96. The lowest BCUT2D eigenvalue weighted by molar-refractivity contribution is 0.327. The molecule has 1 saturated heterocycles. The summed E-state index contributed by atoms with van der Waals surface area (Å²) >= 11 is 3.58. The predicted octanol–water partition coefficient (Wildman–Crippen LogP) is 3.09. The Morgan fingerprint density at radius 3 is 3.20 bits per heavy atom. The van der Waals surface area contributed by atoms with Crippen LogP contribution in [0.4, 0.5) is 0 Å². The second-order valence-electron chi connectivity index (χ2n) is 5.03. The molecule has 1 aromatic rings. The van der Waals surface area contributed by atoms with E-state index in [-0.39, 0.29) is 0 Å². The topological polar surface area (TPSA) is 12.0 Å². The molecule has 2 unspecified atom stereocenters. The van der Waals surface area contributed by atoms with Crippen molar-refractivity contribution < 1.29 is 0 Å². The molecule has 2 fully saturated rings. The molecule has 2 bridgehead atoms. The Kier molecular flexibility index (Phi) is 2.37. The highest BCUT2D eigenvalue weighted by Crippen LogP contribution is 2.46. The van der Waals surface area contributed by atoms with Gasteiger partial charge in [-0.2, -0.15) is 0 Å². The summed E-state index contributed by atoms with van der Waals surface area (Å²) in [7, 11) is 0. The van der Waals surface area contributed by atoms with Gasteiger partial charge in [-0.15, -0.1) is 0 Å². The first-order chi connectivity index (χ1) is 7.28. The molecule has 0 aromatic heterocycles. The van der Waals surface area contributed by atoms with Crippen molar-refractivity contribution in [2.45, 2.75) is 24.7 Å². The second-order valence-corrected chi connectivity index (χ2v) is 5.95. The molecule has 2 aliphatic rings. The summed E-state index contributed by atoms with van der Waals surface area (Å²) in [6.07, 6.45) is 4.15. The number of hydrogen-bond donors (Lipinski definition) is 1. The number of nitrogens with one attached hydrogen (secondary N) is 1. The normalized spacial score (nSPS) is 34.3. The van der Waals surface area contributed by atoms with Crippen molar-refractivity contribution >= 4 is 15.9 Å². The first kappa shape index (κ1) is 9.86. The van der Waals surface area contributed by atoms with Crippen LogP contribution in [0.5, 0.6) is 0 Å². The lowest BCUT2D eigenvalue weighted by Crippen LogP contribution is -2.42. The predicted molar refractivity (Wildman–Crippen MR) is 66.0 cm³/mol. The van der Waals surface area contributed by atoms with Crippen molar-refractivity contribution in [1.82, 2.24) is 5.32 Å². The first-order valence-electron chi connectivity index (χ1n) is 5.75. The lowest BCUT2D eigenvalue weighted by atomic mass is 9.76. The SMILES string of the molecule is Brc1cccc(C23CCC(CNC2)C3)c1. The van der Waals surface area contributed by atoms with Crippen LogP contribution in [0.2, 0.25) is 0 Å². The highest BCUT2D eigenvalue weighted by atomic mass is 79.9. The molecule has 2 heteroatoms. The van der Waals surface area contributed by atoms with Gasteiger partial charge in [0, 0.05) is 16.4 Å². The van der Waals surface area contributed by atoms with Gasteiger partial charge >= 0.3 is 0 Å². The second kappa shape index (κ2) is 3.60. The molecule has 1 aliphatic carbocycles. The van der Waals surface area contributed by atoms with Gasteiger partial charge in [-0.1, -0.05) is 28.1 Å². The van der Waals surface area contributed by atoms with Gasteiger partial charge in [-0.3, -0.25) is 0 Å². The van der Waals surface area contributed by atoms with Crippen LogP contribution in [-0.2, 0) is 5.41 Å². The Hall–Kier alpha value is -0.340. The van der Waals surface area contributed by atoms with Gasteiger partial charge in [0.05, 0.1) is 0 Å². The van der Waals surface area contributed by atoms with Crippen molar-refractivity contribution in [1.29, 1.82) is 0 Å². The molecule has 1 nitrogen and oxygen atoms in total. The first-order valence-corrected chi connectivity index (χ1v) is 6.55. The highest BCUT2D eigenvalue weighted by molar-refractivity contribution is 9.10. The van der Waals surface area contributed by atoms with Crippen LogP contribution in [0.1, 0.15) is 24.8 Å². The fourth-order valence-corrected chi connectivity index (χ4v) is 3.67. The van der Waals surface area contributed by atoms with Crippen LogP contribution in [0.3, 0.4) is 0 Å². The van der Waals surface area contributed by atoms with Crippen LogP contribution in [0.15, 0.2) is 28.7 Å². The fourth-order valence-electron chi connectivity index (χ4n) is 3.27. The average Bonchev–Trinajstić information content (AvgIpc) is 2.56. The standard InChI is InChI=1S/C13H16BrN/c14-12-3-1-2-11(6-12)13-5-4-10(7-13)8-15-9-13/h1-3,6,10,15H,4-5,7-9H2. The Bertz CT molecular complexity index is 373. The van der Waals surface area contributed by atoms with Crippen LogP contribution < -0.4 is 5.32 Å². The lowest BCUT2D eigenvalue weighted by Gasteiger charge is -2.34. The van der Waals surface area contributed by atoms with E-state index in [9.17, 15) is 0 Å². The van der Waals surface area contributed by atoms with Crippen LogP contribution in [0.25, 0.3) is 0 Å². The summed E-state index contributed by atoms with van der Waals surface area (Å²) in [4.78, 5) is 0. The summed E-state index contributed by atoms with van der Waals surface area (Å²) < 4.78 is 1.21. The van der Waals surface area contributed by atoms with E-state index in [1.165, 1.54) is 42.4 Å². The summed E-state index contributed by atoms with van der Waals surface area (Å²) in [5, 5.41) is 3.59. The fraction of sp³-hybridized carbons (Fsp3) is 0.538. The number of benzene rings is 1. The maximum Gasteiger partial charge on any atom is 0.0178 e. The zero-order valence-corrected chi connectivity index (χ0v) is 10.4. The minimum absolute atomic E-state index is 0.437. The van der Waals surface area contributed by atoms with Gasteiger partial charge in [-0.05, 0) is 49.4 Å². The van der Waals surface area contributed by atoms with Gasteiger partial charge in [0.1, 0.15) is 0 Å². The molecule has 1 aromatic carbocycles. The van der Waals surface area contributed by atoms with Gasteiger partial charge < -0.3 is 5.32 Å². The molecule has 1 heterocycles. The zero-order valence-electron chi connectivity index (χ0n) is 8.80. The molecule has 3 rings (SSSR count). The molecular weight excluding hydrogens is 250 g/mol. The molecule has 1 N–H and O–H groups in total. The molecule has 0 amide bonds. The minimum Gasteiger partial charge on any atom is -0.316 e. The van der Waals surface area contributed by atoms with Gasteiger partial charge in [0.2, 0.25) is 0 Å². The van der Waals surface area contributed by atoms with Gasteiger partial charge in [-0.25, -0.2) is 0 Å². The average molecular weight is 266 g/mol. The van der Waals surface area contributed by atoms with Gasteiger partial charge in [0.25, 0.3) is 0 Å². The zero-order chi connectivity index (χ0) is 10.3. The minimum atomic E-state index is 0.437. The molecule has 15 heavy (non-hydrogen) atoms. The summed E-state index contributed by atoms with van der Waals surface area (Å²) in [6.45, 7) is 2.40. The third-order valence-electron chi connectivity index (χ3n) is 4.04. The quantitative estimate of drug-likeness (QED) is 0.823. The molecule has 0 spiro atoms. The number of halogens is 1. The maximum absolute atomic E-state index is 3.59. The maximum atomic E-state index is 3.59. The highest BCUT2D eigenvalue weighted by Gasteiger charge is 2.42. The smallest absolute Gasteiger partial charge is 0.0178 e. The largest absolute Gasteiger partial charge is 0.316 e. The summed E-state index contributed by atoms with van der Waals surface area (Å²) in [5.74, 6) is 0.915. The van der Waals surface area contributed by atoms with Crippen LogP contribution >= 0.6 is 15.9 Å². The molecule has 0 radical (unpaired) electrons. The molecule has 2 atom stereocenters. The number of rotatable bonds is 1. The van der Waals surface area contributed by atoms with Crippen molar-refractivity contribution in [3.05, 3.63) is 34.3 Å². The van der Waals surface area contributed by atoms with Crippen molar-refractivity contribution in [2.75, 3.05) is 13.1 Å². The van der Waals surface area contributed by atoms with E-state index >= 15 is 0 Å². The Labute approximate surface area is 99.4 Å². The van der Waals surface area contributed by atoms with Crippen molar-refractivity contribution in [2.24, 2.45) is 5.92 Å².